The summed E-state index contributed by atoms with van der Waals surface area (Å²) in [5.41, 5.74) is 1.31. The Kier molecular flexibility index (Phi) is 7.46. The number of anilines is 2. The SMILES string of the molecule is Cc1cccc(S(=O)(=O)Oc2cccc(NC(=O)Nc3cccc(OS(=O)(=O)c4ccccc4)c3)c2)c1. The van der Waals surface area contributed by atoms with Crippen LogP contribution in [0.2, 0.25) is 0 Å². The highest BCUT2D eigenvalue weighted by atomic mass is 32.2. The van der Waals surface area contributed by atoms with Gasteiger partial charge in [-0.1, -0.05) is 42.5 Å². The minimum Gasteiger partial charge on any atom is -0.379 e. The number of hydrogen-bond donors (Lipinski definition) is 2. The number of rotatable bonds is 8. The quantitative estimate of drug-likeness (QED) is 0.296. The molecule has 0 fully saturated rings. The van der Waals surface area contributed by atoms with E-state index < -0.39 is 26.3 Å². The summed E-state index contributed by atoms with van der Waals surface area (Å²) in [7, 11) is -8.10. The number of benzene rings is 4. The van der Waals surface area contributed by atoms with Gasteiger partial charge in [0.1, 0.15) is 21.3 Å². The summed E-state index contributed by atoms with van der Waals surface area (Å²) in [6, 6.07) is 25.1. The van der Waals surface area contributed by atoms with E-state index in [-0.39, 0.29) is 32.7 Å². The van der Waals surface area contributed by atoms with Gasteiger partial charge >= 0.3 is 26.3 Å². The summed E-state index contributed by atoms with van der Waals surface area (Å²) in [6.07, 6.45) is 0. The molecule has 0 aromatic heterocycles. The van der Waals surface area contributed by atoms with Crippen molar-refractivity contribution in [1.29, 1.82) is 0 Å². The molecule has 9 nitrogen and oxygen atoms in total. The zero-order chi connectivity index (χ0) is 26.5. The fraction of sp³-hybridized carbons (Fsp3) is 0.0385. The predicted molar refractivity (Wildman–Crippen MR) is 139 cm³/mol. The van der Waals surface area contributed by atoms with Gasteiger partial charge in [0.05, 0.1) is 0 Å². The summed E-state index contributed by atoms with van der Waals surface area (Å²) in [5, 5.41) is 5.15. The molecule has 0 radical (unpaired) electrons. The molecular formula is C26H22N2O7S2. The lowest BCUT2D eigenvalue weighted by Gasteiger charge is -2.11. The van der Waals surface area contributed by atoms with Crippen LogP contribution in [0.1, 0.15) is 5.56 Å². The molecule has 0 unspecified atom stereocenters. The highest BCUT2D eigenvalue weighted by molar-refractivity contribution is 7.87. The van der Waals surface area contributed by atoms with Crippen molar-refractivity contribution < 1.29 is 30.0 Å². The van der Waals surface area contributed by atoms with Gasteiger partial charge in [0, 0.05) is 23.5 Å². The molecule has 2 amide bonds. The van der Waals surface area contributed by atoms with Crippen molar-refractivity contribution in [2.75, 3.05) is 10.6 Å². The van der Waals surface area contributed by atoms with Gasteiger partial charge in [0.25, 0.3) is 0 Å². The molecule has 0 heterocycles. The smallest absolute Gasteiger partial charge is 0.339 e. The Balaban J connectivity index is 1.41. The van der Waals surface area contributed by atoms with Crippen molar-refractivity contribution in [3.8, 4) is 11.5 Å². The molecule has 0 saturated heterocycles. The summed E-state index contributed by atoms with van der Waals surface area (Å²) in [4.78, 5) is 12.5. The fourth-order valence-corrected chi connectivity index (χ4v) is 5.22. The van der Waals surface area contributed by atoms with Crippen molar-refractivity contribution in [2.24, 2.45) is 0 Å². The zero-order valence-electron chi connectivity index (χ0n) is 19.5. The first-order valence-corrected chi connectivity index (χ1v) is 13.7. The molecule has 190 valence electrons. The van der Waals surface area contributed by atoms with E-state index in [1.807, 2.05) is 0 Å². The summed E-state index contributed by atoms with van der Waals surface area (Å²) in [6.45, 7) is 1.77. The van der Waals surface area contributed by atoms with Gasteiger partial charge in [-0.25, -0.2) is 4.79 Å². The molecule has 4 aromatic carbocycles. The van der Waals surface area contributed by atoms with Crippen LogP contribution in [-0.4, -0.2) is 22.9 Å². The Bertz CT molecular complexity index is 1640. The van der Waals surface area contributed by atoms with Crippen LogP contribution in [0.4, 0.5) is 16.2 Å². The van der Waals surface area contributed by atoms with Gasteiger partial charge in [-0.05, 0) is 61.0 Å². The molecular weight excluding hydrogens is 516 g/mol. The molecule has 37 heavy (non-hydrogen) atoms. The largest absolute Gasteiger partial charge is 0.379 e. The molecule has 0 spiro atoms. The molecule has 0 saturated carbocycles. The second-order valence-corrected chi connectivity index (χ2v) is 10.9. The van der Waals surface area contributed by atoms with Gasteiger partial charge in [-0.2, -0.15) is 16.8 Å². The van der Waals surface area contributed by atoms with Crippen LogP contribution >= 0.6 is 0 Å². The third-order valence-corrected chi connectivity index (χ3v) is 7.41. The van der Waals surface area contributed by atoms with Gasteiger partial charge in [0.2, 0.25) is 0 Å². The van der Waals surface area contributed by atoms with E-state index in [4.69, 9.17) is 8.37 Å². The van der Waals surface area contributed by atoms with E-state index in [9.17, 15) is 21.6 Å². The number of aryl methyl sites for hydroxylation is 1. The van der Waals surface area contributed by atoms with Crippen LogP contribution in [0.5, 0.6) is 11.5 Å². The maximum absolute atomic E-state index is 12.6. The van der Waals surface area contributed by atoms with Crippen LogP contribution < -0.4 is 19.0 Å². The molecule has 0 aliphatic carbocycles. The summed E-state index contributed by atoms with van der Waals surface area (Å²) >= 11 is 0. The second-order valence-electron chi connectivity index (χ2n) is 7.84. The van der Waals surface area contributed by atoms with E-state index in [1.165, 1.54) is 60.7 Å². The van der Waals surface area contributed by atoms with Crippen molar-refractivity contribution in [1.82, 2.24) is 0 Å². The first kappa shape index (κ1) is 25.7. The molecule has 0 aliphatic rings. The average molecular weight is 539 g/mol. The van der Waals surface area contributed by atoms with Crippen LogP contribution in [0.15, 0.2) is 113 Å². The third-order valence-electron chi connectivity index (χ3n) is 4.91. The van der Waals surface area contributed by atoms with E-state index in [2.05, 4.69) is 10.6 Å². The monoisotopic (exact) mass is 538 g/mol. The van der Waals surface area contributed by atoms with Crippen molar-refractivity contribution in [3.63, 3.8) is 0 Å². The maximum atomic E-state index is 12.6. The Morgan fingerprint density at radius 1 is 0.595 bits per heavy atom. The standard InChI is InChI=1S/C26H22N2O7S2/c1-19-8-5-15-25(16-19)37(32,33)35-23-12-7-10-21(18-23)28-26(29)27-20-9-6-11-22(17-20)34-36(30,31)24-13-3-2-4-14-24/h2-18H,1H3,(H2,27,28,29). The number of hydrogen-bond acceptors (Lipinski definition) is 7. The Hall–Kier alpha value is -4.35. The normalized spacial score (nSPS) is 11.4. The van der Waals surface area contributed by atoms with E-state index in [0.29, 0.717) is 0 Å². The van der Waals surface area contributed by atoms with Crippen LogP contribution in [0, 0.1) is 6.92 Å². The maximum Gasteiger partial charge on any atom is 0.339 e. The fourth-order valence-electron chi connectivity index (χ4n) is 3.25. The van der Waals surface area contributed by atoms with E-state index in [0.717, 1.165) is 5.56 Å². The van der Waals surface area contributed by atoms with Crippen LogP contribution in [0.3, 0.4) is 0 Å². The number of nitrogens with one attached hydrogen (secondary N) is 2. The Labute approximate surface area is 214 Å². The van der Waals surface area contributed by atoms with Crippen molar-refractivity contribution in [2.45, 2.75) is 16.7 Å². The summed E-state index contributed by atoms with van der Waals surface area (Å²) in [5.74, 6) is 0.0271. The first-order valence-electron chi connectivity index (χ1n) is 10.9. The minimum absolute atomic E-state index is 0.00220. The lowest BCUT2D eigenvalue weighted by atomic mass is 10.2. The first-order chi connectivity index (χ1) is 17.6. The molecule has 4 aromatic rings. The van der Waals surface area contributed by atoms with Crippen molar-refractivity contribution >= 4 is 37.6 Å². The average Bonchev–Trinajstić information content (AvgIpc) is 2.84. The third kappa shape index (κ3) is 6.87. The van der Waals surface area contributed by atoms with Crippen LogP contribution in [0.25, 0.3) is 0 Å². The van der Waals surface area contributed by atoms with Gasteiger partial charge < -0.3 is 19.0 Å². The highest BCUT2D eigenvalue weighted by Gasteiger charge is 2.18. The second kappa shape index (κ2) is 10.7. The van der Waals surface area contributed by atoms with Crippen LogP contribution in [-0.2, 0) is 20.2 Å². The predicted octanol–water partition coefficient (Wildman–Crippen LogP) is 5.17. The van der Waals surface area contributed by atoms with E-state index >= 15 is 0 Å². The van der Waals surface area contributed by atoms with Gasteiger partial charge in [0.15, 0.2) is 0 Å². The Morgan fingerprint density at radius 3 is 1.62 bits per heavy atom. The minimum atomic E-state index is -4.06. The topological polar surface area (TPSA) is 128 Å². The van der Waals surface area contributed by atoms with Gasteiger partial charge in [-0.3, -0.25) is 0 Å². The number of urea groups is 1. The molecule has 0 atom stereocenters. The van der Waals surface area contributed by atoms with Gasteiger partial charge in [-0.15, -0.1) is 0 Å². The number of carbonyl (C=O) groups is 1. The Morgan fingerprint density at radius 2 is 1.08 bits per heavy atom. The lowest BCUT2D eigenvalue weighted by Crippen LogP contribution is -2.19. The van der Waals surface area contributed by atoms with Crippen molar-refractivity contribution in [3.05, 3.63) is 109 Å². The molecule has 0 aliphatic heterocycles. The molecule has 2 N–H and O–H groups in total. The molecule has 11 heteroatoms. The molecule has 0 bridgehead atoms. The highest BCUT2D eigenvalue weighted by Crippen LogP contribution is 2.24. The number of carbonyl (C=O) groups excluding carboxylic acids is 1. The lowest BCUT2D eigenvalue weighted by molar-refractivity contribution is 0.262. The summed E-state index contributed by atoms with van der Waals surface area (Å²) < 4.78 is 60.4. The molecule has 4 rings (SSSR count). The zero-order valence-corrected chi connectivity index (χ0v) is 21.1. The van der Waals surface area contributed by atoms with E-state index in [1.54, 1.807) is 49.4 Å². The number of amides is 2.